The van der Waals surface area contributed by atoms with Gasteiger partial charge >= 0.3 is 0 Å². The molecule has 1 aliphatic rings. The zero-order valence-corrected chi connectivity index (χ0v) is 16.5. The second-order valence-corrected chi connectivity index (χ2v) is 6.54. The first-order valence-corrected chi connectivity index (χ1v) is 8.73. The Hall–Kier alpha value is -1.62. The van der Waals surface area contributed by atoms with Crippen LogP contribution < -0.4 is 5.73 Å². The first-order valence-electron chi connectivity index (χ1n) is 8.73. The lowest BCUT2D eigenvalue weighted by atomic mass is 9.90. The van der Waals surface area contributed by atoms with Crippen LogP contribution in [0.3, 0.4) is 0 Å². The van der Waals surface area contributed by atoms with Crippen molar-refractivity contribution < 1.29 is 4.79 Å². The summed E-state index contributed by atoms with van der Waals surface area (Å²) in [6, 6.07) is 12.0. The first kappa shape index (κ1) is 22.4. The summed E-state index contributed by atoms with van der Waals surface area (Å²) in [4.78, 5) is 18.8. The summed E-state index contributed by atoms with van der Waals surface area (Å²) in [5.41, 5.74) is 8.82. The summed E-state index contributed by atoms with van der Waals surface area (Å²) < 4.78 is 0. The highest BCUT2D eigenvalue weighted by Crippen LogP contribution is 2.22. The molecule has 1 saturated heterocycles. The second-order valence-electron chi connectivity index (χ2n) is 6.54. The molecule has 0 radical (unpaired) electrons. The van der Waals surface area contributed by atoms with Crippen molar-refractivity contribution in [1.82, 2.24) is 9.88 Å². The van der Waals surface area contributed by atoms with Crippen LogP contribution in [0.1, 0.15) is 34.3 Å². The van der Waals surface area contributed by atoms with E-state index in [1.807, 2.05) is 47.6 Å². The van der Waals surface area contributed by atoms with Crippen LogP contribution in [0.5, 0.6) is 0 Å². The standard InChI is InChI=1S/C20H25N3O.2ClH/c21-10-7-16-3-5-19(6-4-16)20(24)23-12-8-17(9-13-23)14-18-2-1-11-22-15-18;;/h1-6,11,15,17H,7-10,12-14,21H2;2*1H. The van der Waals surface area contributed by atoms with Gasteiger partial charge in [-0.15, -0.1) is 24.8 Å². The number of aromatic nitrogens is 1. The topological polar surface area (TPSA) is 59.2 Å². The Morgan fingerprint density at radius 3 is 2.35 bits per heavy atom. The van der Waals surface area contributed by atoms with E-state index >= 15 is 0 Å². The quantitative estimate of drug-likeness (QED) is 0.841. The zero-order chi connectivity index (χ0) is 16.8. The number of hydrogen-bond donors (Lipinski definition) is 1. The Morgan fingerprint density at radius 2 is 1.77 bits per heavy atom. The molecule has 0 unspecified atom stereocenters. The van der Waals surface area contributed by atoms with E-state index in [-0.39, 0.29) is 30.7 Å². The fourth-order valence-corrected chi connectivity index (χ4v) is 3.36. The molecule has 0 atom stereocenters. The number of rotatable bonds is 5. The summed E-state index contributed by atoms with van der Waals surface area (Å²) in [6.07, 6.45) is 7.79. The fraction of sp³-hybridized carbons (Fsp3) is 0.400. The lowest BCUT2D eigenvalue weighted by Crippen LogP contribution is -2.38. The van der Waals surface area contributed by atoms with Gasteiger partial charge in [0.1, 0.15) is 0 Å². The number of nitrogens with two attached hydrogens (primary N) is 1. The van der Waals surface area contributed by atoms with Crippen molar-refractivity contribution >= 4 is 30.7 Å². The van der Waals surface area contributed by atoms with Crippen LogP contribution in [-0.4, -0.2) is 35.4 Å². The van der Waals surface area contributed by atoms with Gasteiger partial charge in [0.2, 0.25) is 0 Å². The first-order chi connectivity index (χ1) is 11.8. The largest absolute Gasteiger partial charge is 0.339 e. The summed E-state index contributed by atoms with van der Waals surface area (Å²) in [6.45, 7) is 2.32. The number of piperidine rings is 1. The van der Waals surface area contributed by atoms with Gasteiger partial charge in [-0.1, -0.05) is 18.2 Å². The Bertz CT molecular complexity index is 657. The fourth-order valence-electron chi connectivity index (χ4n) is 3.36. The number of nitrogens with zero attached hydrogens (tertiary/aromatic N) is 2. The Balaban J connectivity index is 0.00000169. The van der Waals surface area contributed by atoms with E-state index in [9.17, 15) is 4.79 Å². The number of pyridine rings is 1. The number of hydrogen-bond acceptors (Lipinski definition) is 3. The monoisotopic (exact) mass is 395 g/mol. The molecule has 1 aliphatic heterocycles. The molecule has 2 heterocycles. The van der Waals surface area contributed by atoms with Crippen molar-refractivity contribution in [2.45, 2.75) is 25.7 Å². The normalized spacial score (nSPS) is 14.3. The minimum absolute atomic E-state index is 0. The molecule has 0 bridgehead atoms. The van der Waals surface area contributed by atoms with Gasteiger partial charge in [0.05, 0.1) is 0 Å². The molecular weight excluding hydrogens is 369 g/mol. The minimum atomic E-state index is 0. The summed E-state index contributed by atoms with van der Waals surface area (Å²) in [7, 11) is 0. The van der Waals surface area contributed by atoms with Gasteiger partial charge in [0.15, 0.2) is 0 Å². The van der Waals surface area contributed by atoms with Crippen molar-refractivity contribution in [3.63, 3.8) is 0 Å². The van der Waals surface area contributed by atoms with Crippen molar-refractivity contribution in [1.29, 1.82) is 0 Å². The predicted octanol–water partition coefficient (Wildman–Crippen LogP) is 3.52. The Kier molecular flexibility index (Phi) is 9.63. The maximum Gasteiger partial charge on any atom is 0.253 e. The van der Waals surface area contributed by atoms with Gasteiger partial charge in [0.25, 0.3) is 5.91 Å². The van der Waals surface area contributed by atoms with Crippen LogP contribution >= 0.6 is 24.8 Å². The third-order valence-electron chi connectivity index (χ3n) is 4.78. The molecule has 1 fully saturated rings. The minimum Gasteiger partial charge on any atom is -0.339 e. The maximum absolute atomic E-state index is 12.6. The van der Waals surface area contributed by atoms with E-state index in [0.717, 1.165) is 44.3 Å². The molecule has 1 amide bonds. The molecule has 0 saturated carbocycles. The third-order valence-corrected chi connectivity index (χ3v) is 4.78. The van der Waals surface area contributed by atoms with Crippen molar-refractivity contribution in [2.75, 3.05) is 19.6 Å². The average molecular weight is 396 g/mol. The molecule has 1 aromatic heterocycles. The molecule has 4 nitrogen and oxygen atoms in total. The smallest absolute Gasteiger partial charge is 0.253 e. The molecule has 142 valence electrons. The van der Waals surface area contributed by atoms with Crippen molar-refractivity contribution in [2.24, 2.45) is 11.7 Å². The molecule has 2 N–H and O–H groups in total. The highest BCUT2D eigenvalue weighted by atomic mass is 35.5. The van der Waals surface area contributed by atoms with E-state index < -0.39 is 0 Å². The van der Waals surface area contributed by atoms with E-state index in [4.69, 9.17) is 5.73 Å². The number of amides is 1. The molecular formula is C20H27Cl2N3O. The number of carbonyl (C=O) groups excluding carboxylic acids is 1. The number of halogens is 2. The average Bonchev–Trinajstić information content (AvgIpc) is 2.64. The van der Waals surface area contributed by atoms with Gasteiger partial charge in [-0.05, 0) is 67.5 Å². The van der Waals surface area contributed by atoms with E-state index in [0.29, 0.717) is 12.5 Å². The number of likely N-dealkylation sites (tertiary alicyclic amines) is 1. The summed E-state index contributed by atoms with van der Waals surface area (Å²) in [5.74, 6) is 0.791. The molecule has 0 spiro atoms. The molecule has 1 aromatic carbocycles. The molecule has 2 aromatic rings. The molecule has 6 heteroatoms. The Morgan fingerprint density at radius 1 is 1.08 bits per heavy atom. The number of benzene rings is 1. The van der Waals surface area contributed by atoms with Gasteiger partial charge in [-0.25, -0.2) is 0 Å². The zero-order valence-electron chi connectivity index (χ0n) is 14.8. The van der Waals surface area contributed by atoms with Crippen LogP contribution in [-0.2, 0) is 12.8 Å². The molecule has 3 rings (SSSR count). The van der Waals surface area contributed by atoms with Gasteiger partial charge in [-0.3, -0.25) is 9.78 Å². The van der Waals surface area contributed by atoms with Gasteiger partial charge in [-0.2, -0.15) is 0 Å². The van der Waals surface area contributed by atoms with Crippen molar-refractivity contribution in [3.8, 4) is 0 Å². The van der Waals surface area contributed by atoms with E-state index in [2.05, 4.69) is 11.1 Å². The summed E-state index contributed by atoms with van der Waals surface area (Å²) >= 11 is 0. The predicted molar refractivity (Wildman–Crippen MR) is 110 cm³/mol. The lowest BCUT2D eigenvalue weighted by molar-refractivity contribution is 0.0690. The second kappa shape index (κ2) is 11.2. The third kappa shape index (κ3) is 5.97. The SMILES string of the molecule is Cl.Cl.NCCc1ccc(C(=O)N2CCC(Cc3cccnc3)CC2)cc1. The van der Waals surface area contributed by atoms with E-state index in [1.165, 1.54) is 11.1 Å². The van der Waals surface area contributed by atoms with Gasteiger partial charge < -0.3 is 10.6 Å². The van der Waals surface area contributed by atoms with E-state index in [1.54, 1.807) is 0 Å². The van der Waals surface area contributed by atoms with Crippen LogP contribution in [0.25, 0.3) is 0 Å². The molecule has 0 aliphatic carbocycles. The van der Waals surface area contributed by atoms with Crippen molar-refractivity contribution in [3.05, 3.63) is 65.5 Å². The van der Waals surface area contributed by atoms with Crippen LogP contribution in [0.4, 0.5) is 0 Å². The highest BCUT2D eigenvalue weighted by molar-refractivity contribution is 5.94. The number of carbonyl (C=O) groups is 1. The maximum atomic E-state index is 12.6. The van der Waals surface area contributed by atoms with Crippen LogP contribution in [0, 0.1) is 5.92 Å². The lowest BCUT2D eigenvalue weighted by Gasteiger charge is -2.32. The highest BCUT2D eigenvalue weighted by Gasteiger charge is 2.23. The summed E-state index contributed by atoms with van der Waals surface area (Å²) in [5, 5.41) is 0. The van der Waals surface area contributed by atoms with Crippen LogP contribution in [0.15, 0.2) is 48.8 Å². The van der Waals surface area contributed by atoms with Gasteiger partial charge in [0, 0.05) is 31.0 Å². The Labute approximate surface area is 168 Å². The van der Waals surface area contributed by atoms with Crippen LogP contribution in [0.2, 0.25) is 0 Å². The molecule has 26 heavy (non-hydrogen) atoms.